The van der Waals surface area contributed by atoms with Crippen LogP contribution < -0.4 is 10.2 Å². The molecule has 0 bridgehead atoms. The van der Waals surface area contributed by atoms with Crippen molar-refractivity contribution in [1.82, 2.24) is 9.78 Å². The lowest BCUT2D eigenvalue weighted by Crippen LogP contribution is -2.57. The molecular weight excluding hydrogens is 499 g/mol. The molecule has 3 aromatic rings. The predicted octanol–water partition coefficient (Wildman–Crippen LogP) is 4.57. The molecule has 0 spiro atoms. The lowest BCUT2D eigenvalue weighted by atomic mass is 9.68. The van der Waals surface area contributed by atoms with Crippen LogP contribution >= 0.6 is 0 Å². The monoisotopic (exact) mass is 523 g/mol. The quantitative estimate of drug-likeness (QED) is 0.510. The first-order chi connectivity index (χ1) is 18.1. The molecule has 2 aliphatic rings. The van der Waals surface area contributed by atoms with Crippen LogP contribution in [0.25, 0.3) is 0 Å². The largest absolute Gasteiger partial charge is 0.417 e. The lowest BCUT2D eigenvalue weighted by Gasteiger charge is -2.47. The number of ether oxygens (including phenoxy) is 1. The number of nitrogens with one attached hydrogen (secondary N) is 1. The Kier molecular flexibility index (Phi) is 6.44. The second kappa shape index (κ2) is 9.61. The Bertz CT molecular complexity index is 1420. The number of carbonyl (C=O) groups excluding carboxylic acids is 2. The summed E-state index contributed by atoms with van der Waals surface area (Å²) in [4.78, 5) is 27.9. The van der Waals surface area contributed by atoms with Crippen molar-refractivity contribution in [3.8, 4) is 6.07 Å². The number of amides is 2. The maximum absolute atomic E-state index is 13.4. The standard InChI is InChI=1S/C27H24F3N5O3/c1-38-26(27(28,29)30)13-19(14-26)11-17-5-7-21(8-6-17)34-9-10-35-23(25(34)37)22(16-32-35)24(36)33-20-4-2-3-18(12-20)15-31/h2-8,12,16,19H,9-11,13-14H2,1H3,(H,33,36). The fourth-order valence-electron chi connectivity index (χ4n) is 5.16. The minimum absolute atomic E-state index is 0.0744. The number of carbonyl (C=O) groups is 2. The van der Waals surface area contributed by atoms with E-state index in [2.05, 4.69) is 10.4 Å². The van der Waals surface area contributed by atoms with Gasteiger partial charge in [-0.1, -0.05) is 18.2 Å². The van der Waals surface area contributed by atoms with E-state index in [9.17, 15) is 22.8 Å². The summed E-state index contributed by atoms with van der Waals surface area (Å²) in [5.74, 6) is -1.03. The number of rotatable bonds is 6. The third-order valence-electron chi connectivity index (χ3n) is 7.23. The summed E-state index contributed by atoms with van der Waals surface area (Å²) in [6.07, 6.45) is -2.70. The topological polar surface area (TPSA) is 100 Å². The van der Waals surface area contributed by atoms with Crippen LogP contribution in [0.1, 0.15) is 44.8 Å². The molecule has 1 fully saturated rings. The number of halogens is 3. The van der Waals surface area contributed by atoms with Gasteiger partial charge in [0.2, 0.25) is 0 Å². The number of hydrogen-bond donors (Lipinski definition) is 1. The first-order valence-corrected chi connectivity index (χ1v) is 12.0. The van der Waals surface area contributed by atoms with E-state index in [0.717, 1.165) is 12.7 Å². The van der Waals surface area contributed by atoms with Gasteiger partial charge in [0.1, 0.15) is 5.69 Å². The number of methoxy groups -OCH3 is 1. The minimum atomic E-state index is -4.39. The number of benzene rings is 2. The average Bonchev–Trinajstić information content (AvgIpc) is 3.31. The lowest BCUT2D eigenvalue weighted by molar-refractivity contribution is -0.308. The van der Waals surface area contributed by atoms with Crippen molar-refractivity contribution in [3.05, 3.63) is 77.1 Å². The molecule has 0 unspecified atom stereocenters. The minimum Gasteiger partial charge on any atom is -0.369 e. The molecule has 1 saturated carbocycles. The van der Waals surface area contributed by atoms with Gasteiger partial charge in [0.05, 0.1) is 29.9 Å². The Morgan fingerprint density at radius 2 is 1.95 bits per heavy atom. The number of nitriles is 1. The van der Waals surface area contributed by atoms with Gasteiger partial charge in [-0.3, -0.25) is 14.3 Å². The van der Waals surface area contributed by atoms with E-state index in [4.69, 9.17) is 10.00 Å². The van der Waals surface area contributed by atoms with Crippen molar-refractivity contribution in [1.29, 1.82) is 5.26 Å². The van der Waals surface area contributed by atoms with Crippen LogP contribution in [0.3, 0.4) is 0 Å². The molecule has 0 radical (unpaired) electrons. The summed E-state index contributed by atoms with van der Waals surface area (Å²) in [6, 6.07) is 15.6. The molecule has 196 valence electrons. The van der Waals surface area contributed by atoms with Crippen molar-refractivity contribution in [2.24, 2.45) is 5.92 Å². The van der Waals surface area contributed by atoms with Gasteiger partial charge in [0.25, 0.3) is 11.8 Å². The van der Waals surface area contributed by atoms with Gasteiger partial charge in [-0.25, -0.2) is 0 Å². The van der Waals surface area contributed by atoms with Gasteiger partial charge >= 0.3 is 6.18 Å². The van der Waals surface area contributed by atoms with Crippen LogP contribution in [0.2, 0.25) is 0 Å². The maximum atomic E-state index is 13.4. The van der Waals surface area contributed by atoms with Crippen LogP contribution in [0, 0.1) is 17.2 Å². The van der Waals surface area contributed by atoms with Crippen molar-refractivity contribution < 1.29 is 27.5 Å². The molecule has 2 heterocycles. The van der Waals surface area contributed by atoms with Gasteiger partial charge in [-0.2, -0.15) is 23.5 Å². The Hall–Kier alpha value is -4.17. The summed E-state index contributed by atoms with van der Waals surface area (Å²) in [5.41, 5.74) is 0.537. The molecule has 1 aliphatic carbocycles. The van der Waals surface area contributed by atoms with Crippen molar-refractivity contribution in [2.75, 3.05) is 23.9 Å². The van der Waals surface area contributed by atoms with E-state index in [0.29, 0.717) is 36.4 Å². The number of aromatic nitrogens is 2. The van der Waals surface area contributed by atoms with E-state index in [1.165, 1.54) is 16.9 Å². The van der Waals surface area contributed by atoms with E-state index in [1.54, 1.807) is 35.2 Å². The van der Waals surface area contributed by atoms with Crippen molar-refractivity contribution >= 4 is 23.2 Å². The number of alkyl halides is 3. The highest BCUT2D eigenvalue weighted by Gasteiger charge is 2.62. The Morgan fingerprint density at radius 3 is 2.61 bits per heavy atom. The second-order valence-electron chi connectivity index (χ2n) is 9.57. The number of anilines is 2. The zero-order chi connectivity index (χ0) is 27.1. The van der Waals surface area contributed by atoms with Gasteiger partial charge in [0.15, 0.2) is 5.60 Å². The van der Waals surface area contributed by atoms with E-state index in [1.807, 2.05) is 18.2 Å². The summed E-state index contributed by atoms with van der Waals surface area (Å²) < 4.78 is 46.1. The van der Waals surface area contributed by atoms with E-state index < -0.39 is 17.7 Å². The second-order valence-corrected chi connectivity index (χ2v) is 9.57. The highest BCUT2D eigenvalue weighted by molar-refractivity contribution is 6.15. The fourth-order valence-corrected chi connectivity index (χ4v) is 5.16. The zero-order valence-electron chi connectivity index (χ0n) is 20.5. The van der Waals surface area contributed by atoms with Crippen LogP contribution in [0.4, 0.5) is 24.5 Å². The average molecular weight is 524 g/mol. The smallest absolute Gasteiger partial charge is 0.369 e. The summed E-state index contributed by atoms with van der Waals surface area (Å²) in [5, 5.41) is 16.0. The first kappa shape index (κ1) is 25.5. The first-order valence-electron chi connectivity index (χ1n) is 12.0. The molecule has 2 amide bonds. The van der Waals surface area contributed by atoms with Crippen LogP contribution in [0.15, 0.2) is 54.7 Å². The number of fused-ring (bicyclic) bond motifs is 1. The normalized spacial score (nSPS) is 20.9. The summed E-state index contributed by atoms with van der Waals surface area (Å²) in [6.45, 7) is 0.737. The molecule has 1 aliphatic heterocycles. The molecule has 8 nitrogen and oxygen atoms in total. The summed E-state index contributed by atoms with van der Waals surface area (Å²) >= 11 is 0. The molecular formula is C27H24F3N5O3. The van der Waals surface area contributed by atoms with Gasteiger partial charge < -0.3 is 15.0 Å². The Balaban J connectivity index is 1.27. The molecule has 11 heteroatoms. The molecule has 1 N–H and O–H groups in total. The van der Waals surface area contributed by atoms with Gasteiger partial charge in [-0.05, 0) is 61.1 Å². The third-order valence-corrected chi connectivity index (χ3v) is 7.23. The maximum Gasteiger partial charge on any atom is 0.417 e. The van der Waals surface area contributed by atoms with Crippen LogP contribution in [0.5, 0.6) is 0 Å². The third kappa shape index (κ3) is 4.52. The molecule has 38 heavy (non-hydrogen) atoms. The summed E-state index contributed by atoms with van der Waals surface area (Å²) in [7, 11) is 1.10. The molecule has 0 atom stereocenters. The highest BCUT2D eigenvalue weighted by Crippen LogP contribution is 2.51. The van der Waals surface area contributed by atoms with Crippen molar-refractivity contribution in [2.45, 2.75) is 37.6 Å². The predicted molar refractivity (Wildman–Crippen MR) is 132 cm³/mol. The van der Waals surface area contributed by atoms with Gasteiger partial charge in [-0.15, -0.1) is 0 Å². The van der Waals surface area contributed by atoms with Crippen LogP contribution in [-0.4, -0.2) is 47.0 Å². The van der Waals surface area contributed by atoms with Crippen molar-refractivity contribution in [3.63, 3.8) is 0 Å². The van der Waals surface area contributed by atoms with Crippen LogP contribution in [-0.2, 0) is 17.7 Å². The Morgan fingerprint density at radius 1 is 1.21 bits per heavy atom. The molecule has 2 aromatic carbocycles. The number of hydrogen-bond acceptors (Lipinski definition) is 5. The van der Waals surface area contributed by atoms with E-state index >= 15 is 0 Å². The fraction of sp³-hybridized carbons (Fsp3) is 0.333. The highest BCUT2D eigenvalue weighted by atomic mass is 19.4. The van der Waals surface area contributed by atoms with Gasteiger partial charge in [0, 0.05) is 25.0 Å². The SMILES string of the molecule is COC1(C(F)(F)F)CC(Cc2ccc(N3CCn4ncc(C(=O)Nc5cccc(C#N)c5)c4C3=O)cc2)C1. The zero-order valence-corrected chi connectivity index (χ0v) is 20.5. The molecule has 1 aromatic heterocycles. The van der Waals surface area contributed by atoms with E-state index in [-0.39, 0.29) is 35.9 Å². The molecule has 0 saturated heterocycles. The molecule has 5 rings (SSSR count). The number of nitrogens with zero attached hydrogens (tertiary/aromatic N) is 4. The Labute approximate surface area is 216 Å².